The molecule has 0 aromatic carbocycles. The van der Waals surface area contributed by atoms with Crippen molar-refractivity contribution in [3.05, 3.63) is 0 Å². The molecule has 0 radical (unpaired) electrons. The molecule has 0 amide bonds. The lowest BCUT2D eigenvalue weighted by atomic mass is 9.87. The number of nitrogens with two attached hydrogens (primary N) is 2. The van der Waals surface area contributed by atoms with E-state index in [2.05, 4.69) is 13.8 Å². The smallest absolute Gasteiger partial charge is 0.209 e. The maximum absolute atomic E-state index is 11.1. The van der Waals surface area contributed by atoms with Crippen molar-refractivity contribution in [1.82, 2.24) is 0 Å². The van der Waals surface area contributed by atoms with Crippen LogP contribution < -0.4 is 10.9 Å². The van der Waals surface area contributed by atoms with E-state index in [0.29, 0.717) is 18.4 Å². The van der Waals surface area contributed by atoms with Gasteiger partial charge in [-0.2, -0.15) is 0 Å². The number of rotatable bonds is 3. The van der Waals surface area contributed by atoms with Crippen LogP contribution in [0, 0.1) is 17.3 Å². The quantitative estimate of drug-likeness (QED) is 0.716. The van der Waals surface area contributed by atoms with Gasteiger partial charge in [0.1, 0.15) is 0 Å². The summed E-state index contributed by atoms with van der Waals surface area (Å²) in [6.45, 7) is 4.70. The minimum absolute atomic E-state index is 0.0329. The first-order chi connectivity index (χ1) is 6.28. The Morgan fingerprint density at radius 2 is 1.71 bits per heavy atom. The summed E-state index contributed by atoms with van der Waals surface area (Å²) in [6.07, 6.45) is 1.75. The van der Waals surface area contributed by atoms with Crippen LogP contribution in [0.5, 0.6) is 0 Å². The fourth-order valence-corrected chi connectivity index (χ4v) is 3.83. The summed E-state index contributed by atoms with van der Waals surface area (Å²) in [6, 6.07) is 0. The molecule has 0 spiro atoms. The van der Waals surface area contributed by atoms with Crippen LogP contribution in [0.3, 0.4) is 0 Å². The van der Waals surface area contributed by atoms with Crippen LogP contribution in [-0.2, 0) is 10.0 Å². The molecular weight excluding hydrogens is 200 g/mol. The summed E-state index contributed by atoms with van der Waals surface area (Å²) in [5.41, 5.74) is 5.41. The molecule has 1 aliphatic rings. The van der Waals surface area contributed by atoms with Crippen LogP contribution in [0.15, 0.2) is 0 Å². The molecule has 0 aromatic heterocycles. The highest BCUT2D eigenvalue weighted by molar-refractivity contribution is 7.89. The molecule has 5 heteroatoms. The maximum Gasteiger partial charge on any atom is 0.209 e. The summed E-state index contributed by atoms with van der Waals surface area (Å²) in [5.74, 6) is 1.12. The summed E-state index contributed by atoms with van der Waals surface area (Å²) in [4.78, 5) is 0. The molecule has 2 atom stereocenters. The molecule has 14 heavy (non-hydrogen) atoms. The normalized spacial score (nSPS) is 38.9. The largest absolute Gasteiger partial charge is 0.330 e. The van der Waals surface area contributed by atoms with Crippen LogP contribution in [0.4, 0.5) is 0 Å². The predicted octanol–water partition coefficient (Wildman–Crippen LogP) is 0.286. The molecule has 1 fully saturated rings. The van der Waals surface area contributed by atoms with E-state index in [9.17, 15) is 8.42 Å². The standard InChI is InChI=1S/C9H20N2O2S/c1-7-3-9(5-10,4-8(7)2)6-14(11,12)13/h7-8H,3-6,10H2,1-2H3,(H2,11,12,13). The molecule has 1 rings (SSSR count). The number of hydrogen-bond acceptors (Lipinski definition) is 3. The van der Waals surface area contributed by atoms with Gasteiger partial charge in [-0.1, -0.05) is 13.8 Å². The minimum Gasteiger partial charge on any atom is -0.330 e. The lowest BCUT2D eigenvalue weighted by Crippen LogP contribution is -2.38. The Kier molecular flexibility index (Phi) is 3.23. The van der Waals surface area contributed by atoms with Crippen LogP contribution >= 0.6 is 0 Å². The molecule has 0 heterocycles. The first-order valence-corrected chi connectivity index (χ1v) is 6.70. The summed E-state index contributed by atoms with van der Waals surface area (Å²) in [7, 11) is -3.40. The van der Waals surface area contributed by atoms with Crippen LogP contribution in [0.2, 0.25) is 0 Å². The van der Waals surface area contributed by atoms with Crippen molar-refractivity contribution in [2.24, 2.45) is 28.1 Å². The van der Waals surface area contributed by atoms with E-state index in [4.69, 9.17) is 10.9 Å². The van der Waals surface area contributed by atoms with E-state index in [0.717, 1.165) is 12.8 Å². The first kappa shape index (κ1) is 11.9. The fraction of sp³-hybridized carbons (Fsp3) is 1.00. The highest BCUT2D eigenvalue weighted by atomic mass is 32.2. The second-order valence-corrected chi connectivity index (χ2v) is 6.49. The van der Waals surface area contributed by atoms with Crippen LogP contribution in [0.1, 0.15) is 26.7 Å². The lowest BCUT2D eigenvalue weighted by Gasteiger charge is -2.26. The zero-order valence-corrected chi connectivity index (χ0v) is 9.68. The monoisotopic (exact) mass is 220 g/mol. The second-order valence-electron chi connectivity index (χ2n) is 4.87. The molecule has 4 nitrogen and oxygen atoms in total. The Balaban J connectivity index is 2.80. The van der Waals surface area contributed by atoms with E-state index < -0.39 is 10.0 Å². The summed E-state index contributed by atoms with van der Waals surface area (Å²) >= 11 is 0. The Labute approximate surface area is 86.1 Å². The third kappa shape index (κ3) is 2.68. The average molecular weight is 220 g/mol. The van der Waals surface area contributed by atoms with Gasteiger partial charge in [-0.25, -0.2) is 13.6 Å². The Hall–Kier alpha value is -0.130. The van der Waals surface area contributed by atoms with Gasteiger partial charge < -0.3 is 5.73 Å². The first-order valence-electron chi connectivity index (χ1n) is 4.98. The van der Waals surface area contributed by atoms with E-state index in [-0.39, 0.29) is 11.2 Å². The third-order valence-corrected chi connectivity index (χ3v) is 4.44. The van der Waals surface area contributed by atoms with E-state index in [1.54, 1.807) is 0 Å². The molecule has 84 valence electrons. The highest BCUT2D eigenvalue weighted by Gasteiger charge is 2.42. The Morgan fingerprint density at radius 3 is 2.00 bits per heavy atom. The van der Waals surface area contributed by atoms with E-state index in [1.807, 2.05) is 0 Å². The zero-order valence-electron chi connectivity index (χ0n) is 8.86. The molecule has 0 aromatic rings. The predicted molar refractivity (Wildman–Crippen MR) is 57.0 cm³/mol. The van der Waals surface area contributed by atoms with Crippen molar-refractivity contribution in [1.29, 1.82) is 0 Å². The molecule has 2 unspecified atom stereocenters. The van der Waals surface area contributed by atoms with Crippen molar-refractivity contribution in [2.45, 2.75) is 26.7 Å². The van der Waals surface area contributed by atoms with Crippen molar-refractivity contribution in [3.63, 3.8) is 0 Å². The number of sulfonamides is 1. The van der Waals surface area contributed by atoms with Gasteiger partial charge in [0, 0.05) is 0 Å². The minimum atomic E-state index is -3.40. The summed E-state index contributed by atoms with van der Waals surface area (Å²) < 4.78 is 22.2. The van der Waals surface area contributed by atoms with Gasteiger partial charge in [-0.3, -0.25) is 0 Å². The molecule has 1 aliphatic carbocycles. The molecular formula is C9H20N2O2S. The highest BCUT2D eigenvalue weighted by Crippen LogP contribution is 2.45. The van der Waals surface area contributed by atoms with Crippen LogP contribution in [0.25, 0.3) is 0 Å². The number of primary sulfonamides is 1. The average Bonchev–Trinajstić information content (AvgIpc) is 2.25. The zero-order chi connectivity index (χ0) is 11.0. The van der Waals surface area contributed by atoms with Crippen molar-refractivity contribution in [2.75, 3.05) is 12.3 Å². The van der Waals surface area contributed by atoms with Crippen molar-refractivity contribution in [3.8, 4) is 0 Å². The van der Waals surface area contributed by atoms with Gasteiger partial charge >= 0.3 is 0 Å². The van der Waals surface area contributed by atoms with E-state index in [1.165, 1.54) is 0 Å². The lowest BCUT2D eigenvalue weighted by molar-refractivity contribution is 0.334. The Bertz CT molecular complexity index is 290. The fourth-order valence-electron chi connectivity index (χ4n) is 2.62. The summed E-state index contributed by atoms with van der Waals surface area (Å²) in [5, 5.41) is 5.08. The van der Waals surface area contributed by atoms with Gasteiger partial charge in [0.2, 0.25) is 10.0 Å². The molecule has 1 saturated carbocycles. The van der Waals surface area contributed by atoms with Gasteiger partial charge in [0.05, 0.1) is 5.75 Å². The number of hydrogen-bond donors (Lipinski definition) is 2. The third-order valence-electron chi connectivity index (χ3n) is 3.42. The molecule has 4 N–H and O–H groups in total. The van der Waals surface area contributed by atoms with Gasteiger partial charge in [0.25, 0.3) is 0 Å². The van der Waals surface area contributed by atoms with Crippen molar-refractivity contribution < 1.29 is 8.42 Å². The van der Waals surface area contributed by atoms with Gasteiger partial charge in [-0.05, 0) is 36.6 Å². The van der Waals surface area contributed by atoms with Gasteiger partial charge in [-0.15, -0.1) is 0 Å². The maximum atomic E-state index is 11.1. The van der Waals surface area contributed by atoms with Gasteiger partial charge in [0.15, 0.2) is 0 Å². The topological polar surface area (TPSA) is 86.2 Å². The van der Waals surface area contributed by atoms with E-state index >= 15 is 0 Å². The second kappa shape index (κ2) is 3.79. The van der Waals surface area contributed by atoms with Crippen LogP contribution in [-0.4, -0.2) is 20.7 Å². The molecule has 0 saturated heterocycles. The molecule has 0 aliphatic heterocycles. The SMILES string of the molecule is CC1CC(CN)(CS(N)(=O)=O)CC1C. The van der Waals surface area contributed by atoms with Crippen molar-refractivity contribution >= 4 is 10.0 Å². The molecule has 0 bridgehead atoms. The Morgan fingerprint density at radius 1 is 1.29 bits per heavy atom.